The molecule has 1 N–H and O–H groups in total. The van der Waals surface area contributed by atoms with Gasteiger partial charge >= 0.3 is 0 Å². The van der Waals surface area contributed by atoms with Gasteiger partial charge in [-0.2, -0.15) is 0 Å². The molecule has 4 rings (SSSR count). The van der Waals surface area contributed by atoms with Crippen LogP contribution in [0.1, 0.15) is 29.2 Å². The minimum absolute atomic E-state index is 0.0146. The van der Waals surface area contributed by atoms with Crippen LogP contribution in [0, 0.1) is 6.92 Å². The first kappa shape index (κ1) is 24.8. The van der Waals surface area contributed by atoms with Gasteiger partial charge in [0.05, 0.1) is 39.3 Å². The first-order valence-corrected chi connectivity index (χ1v) is 11.5. The zero-order valence-corrected chi connectivity index (χ0v) is 20.7. The molecule has 1 amide bonds. The van der Waals surface area contributed by atoms with Crippen LogP contribution in [0.4, 0.5) is 0 Å². The molecule has 0 radical (unpaired) electrons. The van der Waals surface area contributed by atoms with E-state index < -0.39 is 17.7 Å². The van der Waals surface area contributed by atoms with E-state index in [4.69, 9.17) is 14.2 Å². The molecule has 188 valence electrons. The third-order valence-corrected chi connectivity index (χ3v) is 6.24. The van der Waals surface area contributed by atoms with E-state index in [0.29, 0.717) is 41.3 Å². The highest BCUT2D eigenvalue weighted by atomic mass is 16.5. The summed E-state index contributed by atoms with van der Waals surface area (Å²) in [5, 5.41) is 11.3. The number of hydrogen-bond donors (Lipinski definition) is 1. The quantitative estimate of drug-likeness (QED) is 0.276. The highest BCUT2D eigenvalue weighted by Crippen LogP contribution is 2.45. The minimum atomic E-state index is -0.845. The zero-order chi connectivity index (χ0) is 25.8. The van der Waals surface area contributed by atoms with Gasteiger partial charge in [0.1, 0.15) is 5.76 Å². The summed E-state index contributed by atoms with van der Waals surface area (Å²) in [5.41, 5.74) is 2.03. The van der Waals surface area contributed by atoms with Crippen LogP contribution < -0.4 is 14.2 Å². The van der Waals surface area contributed by atoms with Crippen molar-refractivity contribution < 1.29 is 28.9 Å². The van der Waals surface area contributed by atoms with Gasteiger partial charge in [0.15, 0.2) is 11.5 Å². The number of ether oxygens (including phenoxy) is 3. The number of hydrogen-bond acceptors (Lipinski definition) is 7. The predicted molar refractivity (Wildman–Crippen MR) is 133 cm³/mol. The molecular formula is C27H29N3O6. The molecule has 0 bridgehead atoms. The van der Waals surface area contributed by atoms with Crippen molar-refractivity contribution in [1.29, 1.82) is 0 Å². The van der Waals surface area contributed by atoms with Crippen molar-refractivity contribution in [2.75, 3.05) is 27.9 Å². The molecule has 0 saturated carbocycles. The number of aromatic nitrogens is 2. The van der Waals surface area contributed by atoms with Crippen LogP contribution in [-0.2, 0) is 16.1 Å². The Kier molecular flexibility index (Phi) is 7.28. The van der Waals surface area contributed by atoms with E-state index in [9.17, 15) is 14.7 Å². The molecule has 9 heteroatoms. The maximum atomic E-state index is 13.3. The Morgan fingerprint density at radius 1 is 1.00 bits per heavy atom. The average molecular weight is 492 g/mol. The van der Waals surface area contributed by atoms with Gasteiger partial charge < -0.3 is 28.8 Å². The van der Waals surface area contributed by atoms with Gasteiger partial charge in [-0.05, 0) is 31.0 Å². The molecule has 1 aromatic heterocycles. The number of carbonyl (C=O) groups excluding carboxylic acids is 2. The Hall–Kier alpha value is -4.27. The SMILES string of the molecule is COc1cc(C2/C(=C(/O)c3ccc(C)cc3)C(=O)C(=O)N2CCCn2ccnc2)cc(OC)c1OC. The molecule has 36 heavy (non-hydrogen) atoms. The molecule has 0 aliphatic carbocycles. The molecule has 2 heterocycles. The van der Waals surface area contributed by atoms with Crippen molar-refractivity contribution in [1.82, 2.24) is 14.5 Å². The fourth-order valence-electron chi connectivity index (χ4n) is 4.43. The Bertz CT molecular complexity index is 1260. The third kappa shape index (κ3) is 4.64. The fraction of sp³-hybridized carbons (Fsp3) is 0.296. The lowest BCUT2D eigenvalue weighted by atomic mass is 9.94. The Morgan fingerprint density at radius 3 is 2.22 bits per heavy atom. The first-order chi connectivity index (χ1) is 17.4. The third-order valence-electron chi connectivity index (χ3n) is 6.24. The maximum absolute atomic E-state index is 13.3. The molecule has 0 spiro atoms. The molecular weight excluding hydrogens is 462 g/mol. The summed E-state index contributed by atoms with van der Waals surface area (Å²) in [6, 6.07) is 9.68. The number of imidazole rings is 1. The lowest BCUT2D eigenvalue weighted by Crippen LogP contribution is -2.31. The second-order valence-electron chi connectivity index (χ2n) is 8.47. The van der Waals surface area contributed by atoms with E-state index in [1.807, 2.05) is 29.8 Å². The van der Waals surface area contributed by atoms with Gasteiger partial charge in [-0.3, -0.25) is 9.59 Å². The smallest absolute Gasteiger partial charge is 0.295 e. The van der Waals surface area contributed by atoms with Crippen LogP contribution in [0.25, 0.3) is 5.76 Å². The molecule has 2 aromatic carbocycles. The summed E-state index contributed by atoms with van der Waals surface area (Å²) in [7, 11) is 4.49. The van der Waals surface area contributed by atoms with E-state index in [-0.39, 0.29) is 17.9 Å². The van der Waals surface area contributed by atoms with Crippen molar-refractivity contribution in [2.24, 2.45) is 0 Å². The number of carbonyl (C=O) groups is 2. The number of amides is 1. The van der Waals surface area contributed by atoms with Gasteiger partial charge in [-0.15, -0.1) is 0 Å². The standard InChI is InChI=1S/C27H29N3O6/c1-17-6-8-18(9-7-17)24(31)22-23(19-14-20(34-2)26(36-4)21(15-19)35-3)30(27(33)25(22)32)12-5-11-29-13-10-28-16-29/h6-10,13-16,23,31H,5,11-12H2,1-4H3/b24-22-. The Morgan fingerprint density at radius 2 is 1.67 bits per heavy atom. The second kappa shape index (κ2) is 10.6. The lowest BCUT2D eigenvalue weighted by molar-refractivity contribution is -0.139. The number of ketones is 1. The number of rotatable bonds is 9. The van der Waals surface area contributed by atoms with Crippen LogP contribution >= 0.6 is 0 Å². The van der Waals surface area contributed by atoms with E-state index in [1.54, 1.807) is 36.8 Å². The summed E-state index contributed by atoms with van der Waals surface area (Å²) < 4.78 is 18.4. The van der Waals surface area contributed by atoms with Crippen LogP contribution in [0.5, 0.6) is 17.2 Å². The number of aliphatic hydroxyl groups is 1. The number of likely N-dealkylation sites (tertiary alicyclic amines) is 1. The Balaban J connectivity index is 1.83. The van der Waals surface area contributed by atoms with E-state index in [1.165, 1.54) is 26.2 Å². The maximum Gasteiger partial charge on any atom is 0.295 e. The summed E-state index contributed by atoms with van der Waals surface area (Å²) in [4.78, 5) is 32.1. The normalized spacial score (nSPS) is 16.9. The summed E-state index contributed by atoms with van der Waals surface area (Å²) in [5.74, 6) is -0.497. The van der Waals surface area contributed by atoms with E-state index in [0.717, 1.165) is 5.56 Å². The van der Waals surface area contributed by atoms with Crippen molar-refractivity contribution in [3.05, 3.63) is 77.4 Å². The van der Waals surface area contributed by atoms with Crippen LogP contribution in [0.15, 0.2) is 60.7 Å². The molecule has 1 saturated heterocycles. The second-order valence-corrected chi connectivity index (χ2v) is 8.47. The van der Waals surface area contributed by atoms with Gasteiger partial charge in [0, 0.05) is 31.0 Å². The fourth-order valence-corrected chi connectivity index (χ4v) is 4.43. The molecule has 3 aromatic rings. The number of benzene rings is 2. The average Bonchev–Trinajstić information content (AvgIpc) is 3.50. The van der Waals surface area contributed by atoms with Crippen molar-refractivity contribution in [2.45, 2.75) is 25.9 Å². The van der Waals surface area contributed by atoms with E-state index in [2.05, 4.69) is 4.98 Å². The highest BCUT2D eigenvalue weighted by molar-refractivity contribution is 6.46. The number of methoxy groups -OCH3 is 3. The Labute approximate surface area is 209 Å². The zero-order valence-electron chi connectivity index (χ0n) is 20.7. The number of aryl methyl sites for hydroxylation is 2. The van der Waals surface area contributed by atoms with Gasteiger partial charge in [0.2, 0.25) is 5.75 Å². The predicted octanol–water partition coefficient (Wildman–Crippen LogP) is 3.73. The van der Waals surface area contributed by atoms with Crippen LogP contribution in [0.3, 0.4) is 0 Å². The molecule has 1 fully saturated rings. The van der Waals surface area contributed by atoms with Crippen molar-refractivity contribution in [3.8, 4) is 17.2 Å². The molecule has 1 aliphatic rings. The first-order valence-electron chi connectivity index (χ1n) is 11.5. The van der Waals surface area contributed by atoms with Gasteiger partial charge in [-0.1, -0.05) is 29.8 Å². The van der Waals surface area contributed by atoms with Gasteiger partial charge in [0.25, 0.3) is 11.7 Å². The van der Waals surface area contributed by atoms with Crippen molar-refractivity contribution in [3.63, 3.8) is 0 Å². The molecule has 1 unspecified atom stereocenters. The monoisotopic (exact) mass is 491 g/mol. The van der Waals surface area contributed by atoms with Crippen LogP contribution in [0.2, 0.25) is 0 Å². The van der Waals surface area contributed by atoms with Crippen LogP contribution in [-0.4, -0.2) is 59.1 Å². The number of aliphatic hydroxyl groups excluding tert-OH is 1. The summed E-state index contributed by atoms with van der Waals surface area (Å²) >= 11 is 0. The highest BCUT2D eigenvalue weighted by Gasteiger charge is 2.46. The molecule has 1 atom stereocenters. The number of Topliss-reactive ketones (excluding diaryl/α,β-unsaturated/α-hetero) is 1. The largest absolute Gasteiger partial charge is 0.507 e. The summed E-state index contributed by atoms with van der Waals surface area (Å²) in [6.45, 7) is 2.83. The molecule has 1 aliphatic heterocycles. The number of nitrogens with zero attached hydrogens (tertiary/aromatic N) is 3. The lowest BCUT2D eigenvalue weighted by Gasteiger charge is -2.26. The summed E-state index contributed by atoms with van der Waals surface area (Å²) in [6.07, 6.45) is 5.79. The van der Waals surface area contributed by atoms with Gasteiger partial charge in [-0.25, -0.2) is 4.98 Å². The van der Waals surface area contributed by atoms with E-state index >= 15 is 0 Å². The molecule has 9 nitrogen and oxygen atoms in total. The minimum Gasteiger partial charge on any atom is -0.507 e. The topological polar surface area (TPSA) is 103 Å². The van der Waals surface area contributed by atoms with Crippen molar-refractivity contribution >= 4 is 17.4 Å².